The highest BCUT2D eigenvalue weighted by Crippen LogP contribution is 2.40. The number of hydrogen-bond donors (Lipinski definition) is 4. The third-order valence-corrected chi connectivity index (χ3v) is 3.39. The number of aromatic hydroxyl groups is 4. The Bertz CT molecular complexity index is 706. The average Bonchev–Trinajstić information content (AvgIpc) is 2.54. The van der Waals surface area contributed by atoms with Gasteiger partial charge in [-0.2, -0.15) is 0 Å². The van der Waals surface area contributed by atoms with Crippen LogP contribution in [0.3, 0.4) is 0 Å². The van der Waals surface area contributed by atoms with Crippen LogP contribution in [0.5, 0.6) is 23.0 Å². The Morgan fingerprint density at radius 2 is 1.70 bits per heavy atom. The topological polar surface area (TPSA) is 107 Å². The van der Waals surface area contributed by atoms with Crippen LogP contribution in [0.2, 0.25) is 0 Å². The quantitative estimate of drug-likeness (QED) is 0.499. The van der Waals surface area contributed by atoms with Crippen molar-refractivity contribution in [3.05, 3.63) is 47.0 Å². The molecule has 0 saturated heterocycles. The van der Waals surface area contributed by atoms with Crippen molar-refractivity contribution in [3.8, 4) is 23.0 Å². The van der Waals surface area contributed by atoms with Crippen LogP contribution in [-0.4, -0.2) is 26.4 Å². The number of hydrogen-bond acceptors (Lipinski definition) is 6. The van der Waals surface area contributed by atoms with E-state index in [1.807, 2.05) is 6.92 Å². The van der Waals surface area contributed by atoms with Gasteiger partial charge in [0.15, 0.2) is 11.5 Å². The number of carbonyl (C=O) groups is 1. The van der Waals surface area contributed by atoms with Crippen molar-refractivity contribution in [1.29, 1.82) is 0 Å². The van der Waals surface area contributed by atoms with Gasteiger partial charge in [-0.05, 0) is 30.2 Å². The minimum Gasteiger partial charge on any atom is -0.508 e. The lowest BCUT2D eigenvalue weighted by atomic mass is 10.0. The molecule has 4 N–H and O–H groups in total. The molecule has 0 aliphatic carbocycles. The Hall–Kier alpha value is -2.89. The molecule has 2 rings (SSSR count). The molecule has 0 spiro atoms. The van der Waals surface area contributed by atoms with Crippen LogP contribution in [-0.2, 0) is 17.8 Å². The molecule has 0 bridgehead atoms. The zero-order valence-corrected chi connectivity index (χ0v) is 12.6. The van der Waals surface area contributed by atoms with E-state index in [0.29, 0.717) is 18.4 Å². The number of benzene rings is 2. The highest BCUT2D eigenvalue weighted by molar-refractivity contribution is 5.93. The van der Waals surface area contributed by atoms with E-state index in [9.17, 15) is 25.2 Å². The molecule has 0 saturated carbocycles. The summed E-state index contributed by atoms with van der Waals surface area (Å²) >= 11 is 0. The van der Waals surface area contributed by atoms with Crippen LogP contribution >= 0.6 is 0 Å². The minimum absolute atomic E-state index is 0.0124. The Labute approximate surface area is 133 Å². The molecule has 0 fully saturated rings. The molecule has 122 valence electrons. The van der Waals surface area contributed by atoms with E-state index in [1.165, 1.54) is 12.1 Å². The van der Waals surface area contributed by atoms with Crippen LogP contribution in [0.15, 0.2) is 30.3 Å². The molecule has 0 aliphatic heterocycles. The Balaban J connectivity index is 2.22. The Kier molecular flexibility index (Phi) is 4.95. The summed E-state index contributed by atoms with van der Waals surface area (Å²) < 4.78 is 5.17. The van der Waals surface area contributed by atoms with Crippen molar-refractivity contribution in [3.63, 3.8) is 0 Å². The van der Waals surface area contributed by atoms with E-state index in [2.05, 4.69) is 0 Å². The van der Waals surface area contributed by atoms with E-state index >= 15 is 0 Å². The molecular formula is C17H18O6. The molecule has 0 aromatic heterocycles. The predicted octanol–water partition coefficient (Wildman–Crippen LogP) is 2.82. The van der Waals surface area contributed by atoms with Gasteiger partial charge in [0.1, 0.15) is 12.4 Å². The normalized spacial score (nSPS) is 10.5. The van der Waals surface area contributed by atoms with Gasteiger partial charge < -0.3 is 25.2 Å². The number of carbonyl (C=O) groups excluding carboxylic acids is 1. The van der Waals surface area contributed by atoms with Gasteiger partial charge in [0, 0.05) is 5.56 Å². The Morgan fingerprint density at radius 3 is 2.30 bits per heavy atom. The zero-order chi connectivity index (χ0) is 17.0. The summed E-state index contributed by atoms with van der Waals surface area (Å²) in [6.07, 6.45) is 0.985. The van der Waals surface area contributed by atoms with Crippen molar-refractivity contribution < 1.29 is 30.0 Å². The largest absolute Gasteiger partial charge is 0.508 e. The lowest BCUT2D eigenvalue weighted by Gasteiger charge is -2.13. The van der Waals surface area contributed by atoms with Gasteiger partial charge in [0.2, 0.25) is 5.75 Å². The lowest BCUT2D eigenvalue weighted by Crippen LogP contribution is -2.09. The third kappa shape index (κ3) is 3.66. The maximum absolute atomic E-state index is 12.2. The molecule has 2 aromatic carbocycles. The molecule has 0 radical (unpaired) electrons. The van der Waals surface area contributed by atoms with Gasteiger partial charge in [-0.1, -0.05) is 25.5 Å². The lowest BCUT2D eigenvalue weighted by molar-refractivity contribution is 0.0470. The van der Waals surface area contributed by atoms with Crippen molar-refractivity contribution in [2.75, 3.05) is 0 Å². The van der Waals surface area contributed by atoms with Gasteiger partial charge in [0.25, 0.3) is 0 Å². The van der Waals surface area contributed by atoms with Crippen molar-refractivity contribution in [1.82, 2.24) is 0 Å². The Morgan fingerprint density at radius 1 is 1.04 bits per heavy atom. The number of ether oxygens (including phenoxy) is 1. The molecule has 2 aromatic rings. The van der Waals surface area contributed by atoms with Gasteiger partial charge in [-0.15, -0.1) is 0 Å². The second-order valence-electron chi connectivity index (χ2n) is 5.11. The van der Waals surface area contributed by atoms with E-state index in [0.717, 1.165) is 6.07 Å². The molecular weight excluding hydrogens is 300 g/mol. The summed E-state index contributed by atoms with van der Waals surface area (Å²) in [4.78, 5) is 12.2. The summed E-state index contributed by atoms with van der Waals surface area (Å²) in [5, 5.41) is 38.3. The van der Waals surface area contributed by atoms with Gasteiger partial charge >= 0.3 is 5.97 Å². The van der Waals surface area contributed by atoms with Crippen LogP contribution in [0.25, 0.3) is 0 Å². The monoisotopic (exact) mass is 318 g/mol. The smallest absolute Gasteiger partial charge is 0.339 e. The maximum Gasteiger partial charge on any atom is 0.339 e. The number of rotatable bonds is 5. The summed E-state index contributed by atoms with van der Waals surface area (Å²) in [6, 6.07) is 7.26. The highest BCUT2D eigenvalue weighted by atomic mass is 16.5. The molecule has 0 amide bonds. The van der Waals surface area contributed by atoms with E-state index in [1.54, 1.807) is 12.1 Å². The molecule has 0 atom stereocenters. The fourth-order valence-corrected chi connectivity index (χ4v) is 2.19. The van der Waals surface area contributed by atoms with Crippen LogP contribution in [0.1, 0.15) is 34.8 Å². The fourth-order valence-electron chi connectivity index (χ4n) is 2.19. The summed E-state index contributed by atoms with van der Waals surface area (Å²) in [6.45, 7) is 1.84. The molecule has 0 unspecified atom stereocenters. The first-order valence-corrected chi connectivity index (χ1v) is 7.15. The van der Waals surface area contributed by atoms with Gasteiger partial charge in [-0.3, -0.25) is 0 Å². The second-order valence-corrected chi connectivity index (χ2v) is 5.11. The molecule has 6 nitrogen and oxygen atoms in total. The van der Waals surface area contributed by atoms with Crippen molar-refractivity contribution in [2.45, 2.75) is 26.4 Å². The first-order valence-electron chi connectivity index (χ1n) is 7.15. The van der Waals surface area contributed by atoms with Crippen LogP contribution < -0.4 is 0 Å². The van der Waals surface area contributed by atoms with E-state index < -0.39 is 23.2 Å². The van der Waals surface area contributed by atoms with E-state index in [4.69, 9.17) is 4.74 Å². The summed E-state index contributed by atoms with van der Waals surface area (Å²) in [5.74, 6) is -2.35. The van der Waals surface area contributed by atoms with Crippen LogP contribution in [0.4, 0.5) is 0 Å². The summed E-state index contributed by atoms with van der Waals surface area (Å²) in [5.41, 5.74) is 0.928. The van der Waals surface area contributed by atoms with Gasteiger partial charge in [-0.25, -0.2) is 4.79 Å². The third-order valence-electron chi connectivity index (χ3n) is 3.39. The predicted molar refractivity (Wildman–Crippen MR) is 82.7 cm³/mol. The zero-order valence-electron chi connectivity index (χ0n) is 12.6. The first-order chi connectivity index (χ1) is 10.9. The molecule has 0 aliphatic rings. The number of phenolic OH excluding ortho intramolecular Hbond substituents is 4. The van der Waals surface area contributed by atoms with Crippen molar-refractivity contribution in [2.24, 2.45) is 0 Å². The van der Waals surface area contributed by atoms with Crippen LogP contribution in [0, 0.1) is 0 Å². The average molecular weight is 318 g/mol. The van der Waals surface area contributed by atoms with Crippen molar-refractivity contribution >= 4 is 5.97 Å². The second kappa shape index (κ2) is 6.91. The standard InChI is InChI=1S/C17H18O6/c1-2-3-12-13(8-14(19)16(21)15(12)20)17(22)23-9-10-4-6-11(18)7-5-10/h4-8,18-21H,2-3,9H2,1H3. The number of phenols is 4. The minimum atomic E-state index is -0.716. The molecule has 6 heteroatoms. The molecule has 23 heavy (non-hydrogen) atoms. The molecule has 0 heterocycles. The first kappa shape index (κ1) is 16.5. The van der Waals surface area contributed by atoms with E-state index in [-0.39, 0.29) is 23.5 Å². The highest BCUT2D eigenvalue weighted by Gasteiger charge is 2.21. The maximum atomic E-state index is 12.2. The number of esters is 1. The van der Waals surface area contributed by atoms with Gasteiger partial charge in [0.05, 0.1) is 5.56 Å². The summed E-state index contributed by atoms with van der Waals surface area (Å²) in [7, 11) is 0. The fraction of sp³-hybridized carbons (Fsp3) is 0.235. The SMILES string of the molecule is CCCc1c(C(=O)OCc2ccc(O)cc2)cc(O)c(O)c1O.